The molecule has 3 aromatic carbocycles. The van der Waals surface area contributed by atoms with Crippen LogP contribution in [0.2, 0.25) is 0 Å². The molecule has 0 unspecified atom stereocenters. The number of aliphatic hydroxyl groups excluding tert-OH is 2. The number of ether oxygens (including phenoxy) is 2. The molecule has 4 atom stereocenters. The maximum Gasteiger partial charge on any atom is 0.103 e. The lowest BCUT2D eigenvalue weighted by atomic mass is 10.1. The molecule has 0 saturated carbocycles. The van der Waals surface area contributed by atoms with E-state index in [2.05, 4.69) is 17.0 Å². The van der Waals surface area contributed by atoms with Crippen molar-refractivity contribution in [2.45, 2.75) is 44.1 Å². The first kappa shape index (κ1) is 22.6. The number of nitrogens with zero attached hydrogens (tertiary/aromatic N) is 1. The minimum absolute atomic E-state index is 0.144. The van der Waals surface area contributed by atoms with Gasteiger partial charge >= 0.3 is 0 Å². The Morgan fingerprint density at radius 3 is 1.78 bits per heavy atom. The van der Waals surface area contributed by atoms with Gasteiger partial charge in [0.15, 0.2) is 0 Å². The van der Waals surface area contributed by atoms with Gasteiger partial charge in [-0.15, -0.1) is 0 Å². The third kappa shape index (κ3) is 5.63. The van der Waals surface area contributed by atoms with Crippen LogP contribution >= 0.6 is 0 Å². The highest BCUT2D eigenvalue weighted by Crippen LogP contribution is 2.30. The molecule has 4 rings (SSSR count). The monoisotopic (exact) mass is 433 g/mol. The lowest BCUT2D eigenvalue weighted by Crippen LogP contribution is -2.43. The van der Waals surface area contributed by atoms with Crippen LogP contribution in [0.25, 0.3) is 0 Å². The van der Waals surface area contributed by atoms with Crippen LogP contribution in [-0.4, -0.2) is 52.6 Å². The van der Waals surface area contributed by atoms with E-state index >= 15 is 0 Å². The predicted octanol–water partition coefficient (Wildman–Crippen LogP) is 3.39. The van der Waals surface area contributed by atoms with Crippen molar-refractivity contribution < 1.29 is 19.7 Å². The van der Waals surface area contributed by atoms with Gasteiger partial charge in [-0.05, 0) is 16.7 Å². The fourth-order valence-electron chi connectivity index (χ4n) is 4.36. The molecule has 5 nitrogen and oxygen atoms in total. The van der Waals surface area contributed by atoms with Crippen LogP contribution < -0.4 is 0 Å². The van der Waals surface area contributed by atoms with E-state index in [0.29, 0.717) is 26.4 Å². The molecule has 0 amide bonds. The van der Waals surface area contributed by atoms with Gasteiger partial charge in [0.2, 0.25) is 0 Å². The highest BCUT2D eigenvalue weighted by Gasteiger charge is 2.48. The smallest absolute Gasteiger partial charge is 0.103 e. The van der Waals surface area contributed by atoms with Crippen LogP contribution in [0.5, 0.6) is 0 Å². The number of hydrogen-bond acceptors (Lipinski definition) is 5. The lowest BCUT2D eigenvalue weighted by molar-refractivity contribution is -0.0578. The number of benzene rings is 3. The topological polar surface area (TPSA) is 62.2 Å². The molecule has 32 heavy (non-hydrogen) atoms. The van der Waals surface area contributed by atoms with E-state index in [1.54, 1.807) is 0 Å². The summed E-state index contributed by atoms with van der Waals surface area (Å²) in [4.78, 5) is 2.13. The third-order valence-electron chi connectivity index (χ3n) is 6.04. The zero-order valence-corrected chi connectivity index (χ0v) is 18.2. The number of rotatable bonds is 10. The molecule has 0 aliphatic carbocycles. The first-order valence-electron chi connectivity index (χ1n) is 11.1. The summed E-state index contributed by atoms with van der Waals surface area (Å²) in [5.41, 5.74) is 3.27. The van der Waals surface area contributed by atoms with E-state index in [0.717, 1.165) is 16.7 Å². The summed E-state index contributed by atoms with van der Waals surface area (Å²) in [6.07, 6.45) is -1.27. The molecule has 0 bridgehead atoms. The van der Waals surface area contributed by atoms with E-state index in [9.17, 15) is 10.2 Å². The molecule has 2 N–H and O–H groups in total. The minimum Gasteiger partial charge on any atom is -0.395 e. The maximum atomic E-state index is 11.1. The van der Waals surface area contributed by atoms with Crippen LogP contribution in [0.1, 0.15) is 16.7 Å². The fraction of sp³-hybridized carbons (Fsp3) is 0.333. The Morgan fingerprint density at radius 1 is 0.688 bits per heavy atom. The second-order valence-electron chi connectivity index (χ2n) is 8.23. The number of hydrogen-bond donors (Lipinski definition) is 2. The summed E-state index contributed by atoms with van der Waals surface area (Å²) in [6, 6.07) is 29.5. The molecule has 1 heterocycles. The summed E-state index contributed by atoms with van der Waals surface area (Å²) >= 11 is 0. The molecule has 0 spiro atoms. The standard InChI is InChI=1S/C27H31NO4/c29-17-24-26(30)27(32-19-23-14-8-3-9-15-23)25(20-31-18-22-12-6-2-7-13-22)28(24)16-21-10-4-1-5-11-21/h1-15,24-27,29-30H,16-20H2/t24-,25-,26-,27-/m1/s1. The summed E-state index contributed by atoms with van der Waals surface area (Å²) < 4.78 is 12.3. The quantitative estimate of drug-likeness (QED) is 0.513. The van der Waals surface area contributed by atoms with Gasteiger partial charge in [-0.1, -0.05) is 91.0 Å². The Bertz CT molecular complexity index is 922. The van der Waals surface area contributed by atoms with Gasteiger partial charge in [-0.3, -0.25) is 4.90 Å². The van der Waals surface area contributed by atoms with Gasteiger partial charge in [-0.2, -0.15) is 0 Å². The first-order chi connectivity index (χ1) is 15.8. The predicted molar refractivity (Wildman–Crippen MR) is 124 cm³/mol. The van der Waals surface area contributed by atoms with Crippen molar-refractivity contribution in [2.75, 3.05) is 13.2 Å². The Kier molecular flexibility index (Phi) is 8.04. The average Bonchev–Trinajstić information content (AvgIpc) is 3.09. The zero-order valence-electron chi connectivity index (χ0n) is 18.2. The second-order valence-corrected chi connectivity index (χ2v) is 8.23. The molecule has 168 valence electrons. The van der Waals surface area contributed by atoms with E-state index in [4.69, 9.17) is 9.47 Å². The van der Waals surface area contributed by atoms with Gasteiger partial charge in [0.1, 0.15) is 6.10 Å². The summed E-state index contributed by atoms with van der Waals surface area (Å²) in [5.74, 6) is 0. The third-order valence-corrected chi connectivity index (χ3v) is 6.04. The number of aliphatic hydroxyl groups is 2. The van der Waals surface area contributed by atoms with Crippen molar-refractivity contribution in [3.8, 4) is 0 Å². The van der Waals surface area contributed by atoms with Crippen molar-refractivity contribution in [1.82, 2.24) is 4.90 Å². The molecule has 1 aliphatic heterocycles. The van der Waals surface area contributed by atoms with Crippen LogP contribution in [0.3, 0.4) is 0 Å². The molecule has 0 radical (unpaired) electrons. The largest absolute Gasteiger partial charge is 0.395 e. The highest BCUT2D eigenvalue weighted by molar-refractivity contribution is 5.17. The maximum absolute atomic E-state index is 11.1. The molecule has 1 saturated heterocycles. The molecule has 3 aromatic rings. The molecule has 5 heteroatoms. The molecule has 0 aromatic heterocycles. The Balaban J connectivity index is 1.51. The van der Waals surface area contributed by atoms with Gasteiger partial charge in [-0.25, -0.2) is 0 Å². The van der Waals surface area contributed by atoms with E-state index in [1.165, 1.54) is 0 Å². The fourth-order valence-corrected chi connectivity index (χ4v) is 4.36. The van der Waals surface area contributed by atoms with Crippen molar-refractivity contribution in [3.05, 3.63) is 108 Å². The van der Waals surface area contributed by atoms with E-state index in [-0.39, 0.29) is 12.6 Å². The van der Waals surface area contributed by atoms with Crippen molar-refractivity contribution >= 4 is 0 Å². The normalized spacial score (nSPS) is 23.4. The summed E-state index contributed by atoms with van der Waals surface area (Å²) in [7, 11) is 0. The number of likely N-dealkylation sites (tertiary alicyclic amines) is 1. The van der Waals surface area contributed by atoms with Gasteiger partial charge in [0, 0.05) is 6.54 Å². The average molecular weight is 434 g/mol. The highest BCUT2D eigenvalue weighted by atomic mass is 16.5. The van der Waals surface area contributed by atoms with Crippen LogP contribution in [0, 0.1) is 0 Å². The van der Waals surface area contributed by atoms with Crippen LogP contribution in [0.15, 0.2) is 91.0 Å². The second kappa shape index (κ2) is 11.4. The van der Waals surface area contributed by atoms with Gasteiger partial charge < -0.3 is 19.7 Å². The molecular weight excluding hydrogens is 402 g/mol. The molecular formula is C27H31NO4. The summed E-state index contributed by atoms with van der Waals surface area (Å²) in [5, 5.41) is 21.2. The molecule has 1 aliphatic rings. The van der Waals surface area contributed by atoms with Crippen molar-refractivity contribution in [2.24, 2.45) is 0 Å². The Morgan fingerprint density at radius 2 is 1.22 bits per heavy atom. The van der Waals surface area contributed by atoms with Crippen molar-refractivity contribution in [3.63, 3.8) is 0 Å². The van der Waals surface area contributed by atoms with E-state index in [1.807, 2.05) is 78.9 Å². The first-order valence-corrected chi connectivity index (χ1v) is 11.1. The van der Waals surface area contributed by atoms with E-state index < -0.39 is 18.2 Å². The SMILES string of the molecule is OC[C@@H]1[C@@H](O)[C@H](OCc2ccccc2)[C@@H](COCc2ccccc2)N1Cc1ccccc1. The zero-order chi connectivity index (χ0) is 22.2. The van der Waals surface area contributed by atoms with Crippen LogP contribution in [-0.2, 0) is 29.2 Å². The van der Waals surface area contributed by atoms with Crippen LogP contribution in [0.4, 0.5) is 0 Å². The van der Waals surface area contributed by atoms with Gasteiger partial charge in [0.25, 0.3) is 0 Å². The summed E-state index contributed by atoms with van der Waals surface area (Å²) in [6.45, 7) is 1.74. The van der Waals surface area contributed by atoms with Gasteiger partial charge in [0.05, 0.1) is 44.6 Å². The van der Waals surface area contributed by atoms with Crippen molar-refractivity contribution in [1.29, 1.82) is 0 Å². The minimum atomic E-state index is -0.808. The lowest BCUT2D eigenvalue weighted by Gasteiger charge is -2.30. The Hall–Kier alpha value is -2.54. The Labute approximate surface area is 189 Å². The molecule has 1 fully saturated rings.